The molecule has 1 heterocycles. The van der Waals surface area contributed by atoms with Gasteiger partial charge in [0.1, 0.15) is 0 Å². The highest BCUT2D eigenvalue weighted by Gasteiger charge is 2.25. The summed E-state index contributed by atoms with van der Waals surface area (Å²) in [5.74, 6) is -0.299. The van der Waals surface area contributed by atoms with E-state index in [0.29, 0.717) is 41.9 Å². The maximum Gasteiger partial charge on any atom is 0.250 e. The minimum atomic E-state index is -0.191. The lowest BCUT2D eigenvalue weighted by Crippen LogP contribution is -2.47. The number of amides is 2. The number of carbonyl (C=O) groups is 2. The number of halogens is 4. The molecule has 7 nitrogen and oxygen atoms in total. The molecule has 33 heavy (non-hydrogen) atoms. The minimum absolute atomic E-state index is 0. The van der Waals surface area contributed by atoms with E-state index in [1.165, 1.54) is 11.1 Å². The van der Waals surface area contributed by atoms with Crippen LogP contribution in [0.1, 0.15) is 11.1 Å². The van der Waals surface area contributed by atoms with Gasteiger partial charge in [0.2, 0.25) is 5.91 Å². The van der Waals surface area contributed by atoms with Crippen molar-refractivity contribution in [3.63, 3.8) is 0 Å². The molecule has 2 aromatic rings. The number of nitrogens with zero attached hydrogens (tertiary/aromatic N) is 3. The van der Waals surface area contributed by atoms with Gasteiger partial charge in [0.25, 0.3) is 5.91 Å². The first kappa shape index (κ1) is 29.5. The first-order valence-corrected chi connectivity index (χ1v) is 10.8. The molecule has 2 N–H and O–H groups in total. The zero-order valence-electron chi connectivity index (χ0n) is 18.5. The van der Waals surface area contributed by atoms with Crippen LogP contribution in [0.2, 0.25) is 10.0 Å². The Bertz CT molecular complexity index is 922. The van der Waals surface area contributed by atoms with Gasteiger partial charge >= 0.3 is 0 Å². The second-order valence-electron chi connectivity index (χ2n) is 7.36. The number of anilines is 1. The number of hydrazine groups is 1. The van der Waals surface area contributed by atoms with Gasteiger partial charge in [0, 0.05) is 38.2 Å². The molecular weight excluding hydrogens is 508 g/mol. The monoisotopic (exact) mass is 535 g/mol. The van der Waals surface area contributed by atoms with Crippen LogP contribution < -0.4 is 15.5 Å². The maximum atomic E-state index is 12.9. The highest BCUT2D eigenvalue weighted by molar-refractivity contribution is 6.35. The standard InChI is InChI=1S/C22H27Cl2N5O2.2ClH/c1-25-9-10-29(20-11-18(23)7-8-19(20)24)22(31)13-26-12-21(30)27(2)28-14-16-5-3-4-6-17(16)15-28;;/h3-8,11,25-26H,9-10,12-15H2,1-2H3;2*1H. The van der Waals surface area contributed by atoms with Gasteiger partial charge in [0.15, 0.2) is 0 Å². The topological polar surface area (TPSA) is 67.9 Å². The van der Waals surface area contributed by atoms with Crippen molar-refractivity contribution in [2.45, 2.75) is 13.1 Å². The Hall–Kier alpha value is -1.58. The number of fused-ring (bicyclic) bond motifs is 1. The fourth-order valence-electron chi connectivity index (χ4n) is 3.47. The minimum Gasteiger partial charge on any atom is -0.318 e. The van der Waals surface area contributed by atoms with Crippen LogP contribution in [-0.2, 0) is 22.7 Å². The fourth-order valence-corrected chi connectivity index (χ4v) is 3.85. The molecule has 0 fully saturated rings. The molecule has 2 aromatic carbocycles. The predicted molar refractivity (Wildman–Crippen MR) is 139 cm³/mol. The number of hydrogen-bond donors (Lipinski definition) is 2. The van der Waals surface area contributed by atoms with Crippen molar-refractivity contribution in [2.75, 3.05) is 45.2 Å². The summed E-state index contributed by atoms with van der Waals surface area (Å²) in [7, 11) is 3.56. The average molecular weight is 537 g/mol. The van der Waals surface area contributed by atoms with Gasteiger partial charge in [-0.3, -0.25) is 19.9 Å². The Morgan fingerprint density at radius 2 is 1.61 bits per heavy atom. The van der Waals surface area contributed by atoms with Gasteiger partial charge in [-0.25, -0.2) is 5.01 Å². The third-order valence-corrected chi connectivity index (χ3v) is 5.80. The molecule has 11 heteroatoms. The van der Waals surface area contributed by atoms with Crippen LogP contribution in [0.25, 0.3) is 0 Å². The molecular formula is C22H29Cl4N5O2. The normalized spacial score (nSPS) is 12.4. The van der Waals surface area contributed by atoms with Crippen molar-refractivity contribution in [2.24, 2.45) is 0 Å². The van der Waals surface area contributed by atoms with Crippen LogP contribution in [0.4, 0.5) is 5.69 Å². The van der Waals surface area contributed by atoms with Crippen molar-refractivity contribution < 1.29 is 9.59 Å². The molecule has 0 aromatic heterocycles. The predicted octanol–water partition coefficient (Wildman–Crippen LogP) is 3.37. The number of rotatable bonds is 9. The van der Waals surface area contributed by atoms with Gasteiger partial charge in [-0.05, 0) is 36.4 Å². The summed E-state index contributed by atoms with van der Waals surface area (Å²) in [4.78, 5) is 27.1. The number of benzene rings is 2. The smallest absolute Gasteiger partial charge is 0.250 e. The van der Waals surface area contributed by atoms with E-state index in [-0.39, 0.29) is 49.7 Å². The van der Waals surface area contributed by atoms with E-state index in [2.05, 4.69) is 22.8 Å². The Morgan fingerprint density at radius 3 is 2.21 bits per heavy atom. The Morgan fingerprint density at radius 1 is 1.00 bits per heavy atom. The van der Waals surface area contributed by atoms with Gasteiger partial charge in [0.05, 0.1) is 23.8 Å². The molecule has 1 aliphatic rings. The molecule has 0 saturated carbocycles. The van der Waals surface area contributed by atoms with E-state index in [9.17, 15) is 9.59 Å². The van der Waals surface area contributed by atoms with E-state index < -0.39 is 0 Å². The van der Waals surface area contributed by atoms with Gasteiger partial charge in [-0.15, -0.1) is 24.8 Å². The maximum absolute atomic E-state index is 12.9. The molecule has 2 amide bonds. The molecule has 1 aliphatic heterocycles. The summed E-state index contributed by atoms with van der Waals surface area (Å²) in [6, 6.07) is 13.2. The second-order valence-corrected chi connectivity index (χ2v) is 8.20. The van der Waals surface area contributed by atoms with E-state index in [1.807, 2.05) is 24.2 Å². The Labute approximate surface area is 217 Å². The average Bonchev–Trinajstić information content (AvgIpc) is 3.20. The van der Waals surface area contributed by atoms with Crippen molar-refractivity contribution in [1.82, 2.24) is 20.7 Å². The van der Waals surface area contributed by atoms with Crippen molar-refractivity contribution in [1.29, 1.82) is 0 Å². The van der Waals surface area contributed by atoms with Crippen LogP contribution in [0.3, 0.4) is 0 Å². The van der Waals surface area contributed by atoms with E-state index >= 15 is 0 Å². The number of likely N-dealkylation sites (N-methyl/N-ethyl adjacent to an activating group) is 2. The third kappa shape index (κ3) is 7.72. The molecule has 0 atom stereocenters. The van der Waals surface area contributed by atoms with Gasteiger partial charge in [-0.2, -0.15) is 0 Å². The summed E-state index contributed by atoms with van der Waals surface area (Å²) in [6.45, 7) is 2.47. The molecule has 3 rings (SSSR count). The van der Waals surface area contributed by atoms with Crippen LogP contribution in [0.15, 0.2) is 42.5 Å². The van der Waals surface area contributed by atoms with Crippen molar-refractivity contribution >= 4 is 65.5 Å². The fraction of sp³-hybridized carbons (Fsp3) is 0.364. The Balaban J connectivity index is 0.00000272. The van der Waals surface area contributed by atoms with Crippen LogP contribution in [-0.4, -0.2) is 62.1 Å². The SMILES string of the molecule is CNCCN(C(=O)CNCC(=O)N(C)N1Cc2ccccc2C1)c1cc(Cl)ccc1Cl.Cl.Cl. The van der Waals surface area contributed by atoms with Crippen molar-refractivity contribution in [3.05, 3.63) is 63.6 Å². The van der Waals surface area contributed by atoms with Crippen LogP contribution in [0.5, 0.6) is 0 Å². The molecule has 0 aliphatic carbocycles. The molecule has 0 saturated heterocycles. The first-order chi connectivity index (χ1) is 14.9. The first-order valence-electron chi connectivity index (χ1n) is 10.1. The summed E-state index contributed by atoms with van der Waals surface area (Å²) in [6.07, 6.45) is 0. The quantitative estimate of drug-likeness (QED) is 0.514. The summed E-state index contributed by atoms with van der Waals surface area (Å²) in [5.41, 5.74) is 3.00. The summed E-state index contributed by atoms with van der Waals surface area (Å²) < 4.78 is 0. The molecule has 182 valence electrons. The molecule has 0 bridgehead atoms. The van der Waals surface area contributed by atoms with Crippen molar-refractivity contribution in [3.8, 4) is 0 Å². The summed E-state index contributed by atoms with van der Waals surface area (Å²) in [5, 5.41) is 10.5. The second kappa shape index (κ2) is 14.0. The van der Waals surface area contributed by atoms with E-state index in [1.54, 1.807) is 35.2 Å². The number of hydrogen-bond acceptors (Lipinski definition) is 5. The number of nitrogens with one attached hydrogen (secondary N) is 2. The van der Waals surface area contributed by atoms with Gasteiger partial charge < -0.3 is 10.2 Å². The van der Waals surface area contributed by atoms with Crippen LogP contribution >= 0.6 is 48.0 Å². The zero-order chi connectivity index (χ0) is 22.4. The lowest BCUT2D eigenvalue weighted by Gasteiger charge is -2.28. The molecule has 0 unspecified atom stereocenters. The molecule has 0 spiro atoms. The third-order valence-electron chi connectivity index (χ3n) is 5.25. The summed E-state index contributed by atoms with van der Waals surface area (Å²) >= 11 is 12.4. The molecule has 0 radical (unpaired) electrons. The highest BCUT2D eigenvalue weighted by Crippen LogP contribution is 2.29. The van der Waals surface area contributed by atoms with E-state index in [0.717, 1.165) is 0 Å². The zero-order valence-corrected chi connectivity index (χ0v) is 21.7. The lowest BCUT2D eigenvalue weighted by atomic mass is 10.1. The van der Waals surface area contributed by atoms with E-state index in [4.69, 9.17) is 23.2 Å². The highest BCUT2D eigenvalue weighted by atomic mass is 35.5. The largest absolute Gasteiger partial charge is 0.318 e. The number of carbonyl (C=O) groups excluding carboxylic acids is 2. The van der Waals surface area contributed by atoms with Crippen LogP contribution in [0, 0.1) is 0 Å². The lowest BCUT2D eigenvalue weighted by molar-refractivity contribution is -0.145. The Kier molecular flexibility index (Phi) is 12.5. The van der Waals surface area contributed by atoms with Gasteiger partial charge in [-0.1, -0.05) is 47.5 Å².